The minimum Gasteiger partial charge on any atom is -0.377 e. The molecule has 0 bridgehead atoms. The Balaban J connectivity index is 2.26. The average molecular weight is 255 g/mol. The van der Waals surface area contributed by atoms with Gasteiger partial charge in [0.2, 0.25) is 0 Å². The third kappa shape index (κ3) is 2.36. The van der Waals surface area contributed by atoms with Gasteiger partial charge in [0, 0.05) is 5.56 Å². The van der Waals surface area contributed by atoms with Crippen LogP contribution in [0.2, 0.25) is 0 Å². The van der Waals surface area contributed by atoms with E-state index in [0.717, 1.165) is 12.1 Å². The fourth-order valence-electron chi connectivity index (χ4n) is 2.18. The highest BCUT2D eigenvalue weighted by atomic mass is 19.2. The smallest absolute Gasteiger partial charge is 0.254 e. The predicted octanol–water partition coefficient (Wildman–Crippen LogP) is 2.21. The van der Waals surface area contributed by atoms with Gasteiger partial charge in [0.05, 0.1) is 25.3 Å². The third-order valence-electron chi connectivity index (χ3n) is 3.07. The van der Waals surface area contributed by atoms with Crippen LogP contribution in [0.4, 0.5) is 8.78 Å². The van der Waals surface area contributed by atoms with Crippen molar-refractivity contribution >= 4 is 5.91 Å². The second-order valence-corrected chi connectivity index (χ2v) is 4.58. The van der Waals surface area contributed by atoms with E-state index in [1.165, 1.54) is 6.07 Å². The molecule has 18 heavy (non-hydrogen) atoms. The lowest BCUT2D eigenvalue weighted by Gasteiger charge is -2.38. The van der Waals surface area contributed by atoms with Crippen LogP contribution in [0, 0.1) is 11.6 Å². The first-order chi connectivity index (χ1) is 8.50. The van der Waals surface area contributed by atoms with Crippen molar-refractivity contribution in [3.63, 3.8) is 0 Å². The molecule has 1 aliphatic heterocycles. The van der Waals surface area contributed by atoms with Crippen molar-refractivity contribution in [3.8, 4) is 0 Å². The molecule has 98 valence electrons. The van der Waals surface area contributed by atoms with Crippen LogP contribution in [0.5, 0.6) is 0 Å². The maximum atomic E-state index is 13.1. The summed E-state index contributed by atoms with van der Waals surface area (Å²) in [5.41, 5.74) is 0.162. The predicted molar refractivity (Wildman–Crippen MR) is 62.3 cm³/mol. The first kappa shape index (κ1) is 13.0. The molecule has 2 rings (SSSR count). The van der Waals surface area contributed by atoms with Crippen LogP contribution in [0.25, 0.3) is 0 Å². The second kappa shape index (κ2) is 5.02. The summed E-state index contributed by atoms with van der Waals surface area (Å²) in [5.74, 6) is -2.25. The summed E-state index contributed by atoms with van der Waals surface area (Å²) < 4.78 is 31.3. The maximum absolute atomic E-state index is 13.1. The normalized spacial score (nSPS) is 24.1. The van der Waals surface area contributed by atoms with Gasteiger partial charge < -0.3 is 9.64 Å². The van der Waals surface area contributed by atoms with Crippen molar-refractivity contribution < 1.29 is 18.3 Å². The summed E-state index contributed by atoms with van der Waals surface area (Å²) in [7, 11) is 0. The summed E-state index contributed by atoms with van der Waals surface area (Å²) in [5, 5.41) is 0. The molecule has 5 heteroatoms. The van der Waals surface area contributed by atoms with E-state index < -0.39 is 11.6 Å². The lowest BCUT2D eigenvalue weighted by molar-refractivity contribution is -0.0249. The minimum atomic E-state index is -1.01. The zero-order chi connectivity index (χ0) is 13.3. The molecule has 1 amide bonds. The largest absolute Gasteiger partial charge is 0.377 e. The first-order valence-electron chi connectivity index (χ1n) is 5.86. The molecule has 1 aromatic rings. The van der Waals surface area contributed by atoms with Gasteiger partial charge in [-0.05, 0) is 32.0 Å². The van der Waals surface area contributed by atoms with Gasteiger partial charge in [-0.2, -0.15) is 0 Å². The van der Waals surface area contributed by atoms with Crippen LogP contribution in [0.1, 0.15) is 24.2 Å². The number of ether oxygens (including phenoxy) is 1. The van der Waals surface area contributed by atoms with Crippen molar-refractivity contribution in [2.45, 2.75) is 25.9 Å². The number of carbonyl (C=O) groups excluding carboxylic acids is 1. The second-order valence-electron chi connectivity index (χ2n) is 4.58. The van der Waals surface area contributed by atoms with Crippen molar-refractivity contribution in [3.05, 3.63) is 35.4 Å². The van der Waals surface area contributed by atoms with Crippen molar-refractivity contribution in [2.24, 2.45) is 0 Å². The van der Waals surface area contributed by atoms with Gasteiger partial charge in [-0.1, -0.05) is 0 Å². The summed E-state index contributed by atoms with van der Waals surface area (Å²) in [6, 6.07) is 3.06. The summed E-state index contributed by atoms with van der Waals surface area (Å²) in [6.07, 6.45) is 0. The van der Waals surface area contributed by atoms with Crippen LogP contribution in [0.3, 0.4) is 0 Å². The molecule has 0 radical (unpaired) electrons. The molecule has 0 spiro atoms. The zero-order valence-electron chi connectivity index (χ0n) is 10.3. The number of amides is 1. The monoisotopic (exact) mass is 255 g/mol. The number of rotatable bonds is 1. The van der Waals surface area contributed by atoms with E-state index in [4.69, 9.17) is 4.74 Å². The van der Waals surface area contributed by atoms with E-state index >= 15 is 0 Å². The molecule has 1 aliphatic rings. The van der Waals surface area contributed by atoms with Gasteiger partial charge in [-0.15, -0.1) is 0 Å². The van der Waals surface area contributed by atoms with Gasteiger partial charge in [0.25, 0.3) is 5.91 Å². The quantitative estimate of drug-likeness (QED) is 0.770. The molecular formula is C13H15F2NO2. The minimum absolute atomic E-state index is 0.0747. The highest BCUT2D eigenvalue weighted by Crippen LogP contribution is 2.18. The summed E-state index contributed by atoms with van der Waals surface area (Å²) in [6.45, 7) is 4.65. The standard InChI is InChI=1S/C13H15F2NO2/c1-8-6-18-7-9(2)16(8)13(17)10-3-4-11(14)12(15)5-10/h3-5,8-9H,6-7H2,1-2H3. The number of hydrogen-bond acceptors (Lipinski definition) is 2. The molecule has 0 aromatic heterocycles. The van der Waals surface area contributed by atoms with E-state index in [0.29, 0.717) is 13.2 Å². The molecular weight excluding hydrogens is 240 g/mol. The maximum Gasteiger partial charge on any atom is 0.254 e. The molecule has 2 unspecified atom stereocenters. The van der Waals surface area contributed by atoms with Crippen LogP contribution >= 0.6 is 0 Å². The highest BCUT2D eigenvalue weighted by molar-refractivity contribution is 5.94. The van der Waals surface area contributed by atoms with Gasteiger partial charge >= 0.3 is 0 Å². The average Bonchev–Trinajstić information content (AvgIpc) is 2.32. The topological polar surface area (TPSA) is 29.5 Å². The summed E-state index contributed by atoms with van der Waals surface area (Å²) in [4.78, 5) is 13.9. The Bertz CT molecular complexity index is 454. The molecule has 0 N–H and O–H groups in total. The Hall–Kier alpha value is -1.49. The molecule has 1 fully saturated rings. The highest BCUT2D eigenvalue weighted by Gasteiger charge is 2.30. The molecule has 2 atom stereocenters. The van der Waals surface area contributed by atoms with E-state index in [9.17, 15) is 13.6 Å². The number of morpholine rings is 1. The Morgan fingerprint density at radius 3 is 2.39 bits per heavy atom. The van der Waals surface area contributed by atoms with E-state index in [2.05, 4.69) is 0 Å². The number of carbonyl (C=O) groups is 1. The lowest BCUT2D eigenvalue weighted by Crippen LogP contribution is -2.52. The van der Waals surface area contributed by atoms with Gasteiger partial charge in [0.15, 0.2) is 11.6 Å². The Morgan fingerprint density at radius 2 is 1.83 bits per heavy atom. The molecule has 0 saturated carbocycles. The van der Waals surface area contributed by atoms with Crippen molar-refractivity contribution in [1.82, 2.24) is 4.90 Å². The fourth-order valence-corrected chi connectivity index (χ4v) is 2.18. The zero-order valence-corrected chi connectivity index (χ0v) is 10.3. The Labute approximate surface area is 104 Å². The fraction of sp³-hybridized carbons (Fsp3) is 0.462. The molecule has 1 saturated heterocycles. The molecule has 3 nitrogen and oxygen atoms in total. The van der Waals surface area contributed by atoms with Crippen LogP contribution in [0.15, 0.2) is 18.2 Å². The number of benzene rings is 1. The van der Waals surface area contributed by atoms with Crippen LogP contribution in [-0.4, -0.2) is 36.1 Å². The summed E-state index contributed by atoms with van der Waals surface area (Å²) >= 11 is 0. The molecule has 1 aromatic carbocycles. The number of hydrogen-bond donors (Lipinski definition) is 0. The van der Waals surface area contributed by atoms with Gasteiger partial charge in [0.1, 0.15) is 0 Å². The van der Waals surface area contributed by atoms with Gasteiger partial charge in [-0.25, -0.2) is 8.78 Å². The third-order valence-corrected chi connectivity index (χ3v) is 3.07. The molecule has 1 heterocycles. The Kier molecular flexibility index (Phi) is 3.61. The van der Waals surface area contributed by atoms with Crippen molar-refractivity contribution in [2.75, 3.05) is 13.2 Å². The lowest BCUT2D eigenvalue weighted by atomic mass is 10.1. The van der Waals surface area contributed by atoms with E-state index in [1.54, 1.807) is 4.90 Å². The van der Waals surface area contributed by atoms with Crippen LogP contribution in [-0.2, 0) is 4.74 Å². The van der Waals surface area contributed by atoms with Crippen molar-refractivity contribution in [1.29, 1.82) is 0 Å². The van der Waals surface area contributed by atoms with E-state index in [1.807, 2.05) is 13.8 Å². The number of nitrogens with zero attached hydrogens (tertiary/aromatic N) is 1. The van der Waals surface area contributed by atoms with Crippen LogP contribution < -0.4 is 0 Å². The number of halogens is 2. The SMILES string of the molecule is CC1COCC(C)N1C(=O)c1ccc(F)c(F)c1. The molecule has 0 aliphatic carbocycles. The van der Waals surface area contributed by atoms with Gasteiger partial charge in [-0.3, -0.25) is 4.79 Å². The van der Waals surface area contributed by atoms with E-state index in [-0.39, 0.29) is 23.6 Å². The first-order valence-corrected chi connectivity index (χ1v) is 5.86. The Morgan fingerprint density at radius 1 is 1.22 bits per heavy atom.